The molecule has 14 heavy (non-hydrogen) atoms. The van der Waals surface area contributed by atoms with E-state index in [2.05, 4.69) is 13.8 Å². The van der Waals surface area contributed by atoms with Gasteiger partial charge in [0.1, 0.15) is 0 Å². The average molecular weight is 198 g/mol. The quantitative estimate of drug-likeness (QED) is 0.644. The van der Waals surface area contributed by atoms with Crippen molar-refractivity contribution in [2.75, 3.05) is 0 Å². The highest BCUT2D eigenvalue weighted by Gasteiger charge is 2.40. The van der Waals surface area contributed by atoms with E-state index in [1.54, 1.807) is 0 Å². The molecule has 0 saturated carbocycles. The van der Waals surface area contributed by atoms with E-state index in [0.717, 1.165) is 19.3 Å². The summed E-state index contributed by atoms with van der Waals surface area (Å²) in [5.41, 5.74) is 0. The Morgan fingerprint density at radius 3 is 2.50 bits per heavy atom. The molecule has 2 nitrogen and oxygen atoms in total. The number of ether oxygens (including phenoxy) is 2. The zero-order valence-corrected chi connectivity index (χ0v) is 9.42. The Kier molecular flexibility index (Phi) is 3.13. The number of rotatable bonds is 1. The third-order valence-electron chi connectivity index (χ3n) is 3.50. The normalized spacial score (nSPS) is 44.1. The first-order valence-corrected chi connectivity index (χ1v) is 6.10. The summed E-state index contributed by atoms with van der Waals surface area (Å²) >= 11 is 0. The van der Waals surface area contributed by atoms with E-state index in [0.29, 0.717) is 12.2 Å². The summed E-state index contributed by atoms with van der Waals surface area (Å²) in [6.07, 6.45) is 9.11. The largest absolute Gasteiger partial charge is 0.347 e. The van der Waals surface area contributed by atoms with Gasteiger partial charge in [-0.3, -0.25) is 0 Å². The van der Waals surface area contributed by atoms with Crippen LogP contribution in [0.3, 0.4) is 0 Å². The lowest BCUT2D eigenvalue weighted by Gasteiger charge is -2.45. The Morgan fingerprint density at radius 1 is 1.14 bits per heavy atom. The maximum atomic E-state index is 6.11. The van der Waals surface area contributed by atoms with Crippen molar-refractivity contribution >= 4 is 0 Å². The average Bonchev–Trinajstić information content (AvgIpc) is 2.17. The van der Waals surface area contributed by atoms with Crippen LogP contribution in [0.15, 0.2) is 0 Å². The molecule has 0 aromatic carbocycles. The molecular weight excluding hydrogens is 176 g/mol. The Bertz CT molecular complexity index is 189. The molecule has 0 unspecified atom stereocenters. The number of hydrogen-bond donors (Lipinski definition) is 0. The van der Waals surface area contributed by atoms with Gasteiger partial charge in [-0.1, -0.05) is 6.92 Å². The van der Waals surface area contributed by atoms with Crippen LogP contribution in [0, 0.1) is 0 Å². The zero-order chi connectivity index (χ0) is 10.0. The van der Waals surface area contributed by atoms with Crippen LogP contribution in [-0.4, -0.2) is 18.0 Å². The molecule has 2 heterocycles. The Balaban J connectivity index is 1.99. The standard InChI is InChI=1S/C12H22O2/c1-3-11-7-5-9-12(14-11)8-4-6-10(2)13-12/h10-11H,3-9H2,1-2H3/t10-,11-,12+/m0/s1. The lowest BCUT2D eigenvalue weighted by Crippen LogP contribution is -2.47. The Hall–Kier alpha value is -0.0800. The lowest BCUT2D eigenvalue weighted by atomic mass is 9.92. The van der Waals surface area contributed by atoms with Gasteiger partial charge < -0.3 is 9.47 Å². The van der Waals surface area contributed by atoms with E-state index in [1.807, 2.05) is 0 Å². The molecule has 2 saturated heterocycles. The topological polar surface area (TPSA) is 18.5 Å². The van der Waals surface area contributed by atoms with Crippen molar-refractivity contribution in [3.63, 3.8) is 0 Å². The van der Waals surface area contributed by atoms with E-state index in [4.69, 9.17) is 9.47 Å². The number of hydrogen-bond acceptors (Lipinski definition) is 2. The molecule has 0 aliphatic carbocycles. The molecule has 2 fully saturated rings. The minimum absolute atomic E-state index is 0.198. The Morgan fingerprint density at radius 2 is 1.86 bits per heavy atom. The van der Waals surface area contributed by atoms with Crippen molar-refractivity contribution in [2.24, 2.45) is 0 Å². The summed E-state index contributed by atoms with van der Waals surface area (Å²) in [4.78, 5) is 0. The molecule has 2 aliphatic rings. The zero-order valence-electron chi connectivity index (χ0n) is 9.42. The van der Waals surface area contributed by atoms with Crippen LogP contribution in [0.2, 0.25) is 0 Å². The highest BCUT2D eigenvalue weighted by molar-refractivity contribution is 4.82. The summed E-state index contributed by atoms with van der Waals surface area (Å²) in [5, 5.41) is 0. The maximum Gasteiger partial charge on any atom is 0.169 e. The van der Waals surface area contributed by atoms with Crippen LogP contribution < -0.4 is 0 Å². The van der Waals surface area contributed by atoms with Gasteiger partial charge in [0.25, 0.3) is 0 Å². The van der Waals surface area contributed by atoms with Gasteiger partial charge >= 0.3 is 0 Å². The van der Waals surface area contributed by atoms with Crippen molar-refractivity contribution < 1.29 is 9.47 Å². The van der Waals surface area contributed by atoms with Crippen molar-refractivity contribution in [3.05, 3.63) is 0 Å². The molecule has 2 aliphatic heterocycles. The van der Waals surface area contributed by atoms with Gasteiger partial charge in [0.15, 0.2) is 5.79 Å². The summed E-state index contributed by atoms with van der Waals surface area (Å²) in [6, 6.07) is 0. The summed E-state index contributed by atoms with van der Waals surface area (Å²) in [6.45, 7) is 4.37. The highest BCUT2D eigenvalue weighted by Crippen LogP contribution is 2.39. The van der Waals surface area contributed by atoms with Crippen LogP contribution in [0.1, 0.15) is 58.8 Å². The fraction of sp³-hybridized carbons (Fsp3) is 1.00. The molecular formula is C12H22O2. The van der Waals surface area contributed by atoms with Gasteiger partial charge in [-0.05, 0) is 39.0 Å². The molecule has 1 spiro atoms. The lowest BCUT2D eigenvalue weighted by molar-refractivity contribution is -0.312. The second-order valence-corrected chi connectivity index (χ2v) is 4.77. The van der Waals surface area contributed by atoms with Crippen LogP contribution in [0.25, 0.3) is 0 Å². The molecule has 3 atom stereocenters. The summed E-state index contributed by atoms with van der Waals surface area (Å²) in [5.74, 6) is -0.198. The van der Waals surface area contributed by atoms with Crippen LogP contribution in [0.4, 0.5) is 0 Å². The van der Waals surface area contributed by atoms with Crippen molar-refractivity contribution in [3.8, 4) is 0 Å². The molecule has 0 aromatic heterocycles. The molecule has 0 radical (unpaired) electrons. The molecule has 0 N–H and O–H groups in total. The fourth-order valence-corrected chi connectivity index (χ4v) is 2.72. The maximum absolute atomic E-state index is 6.11. The van der Waals surface area contributed by atoms with Gasteiger partial charge in [-0.25, -0.2) is 0 Å². The van der Waals surface area contributed by atoms with Crippen molar-refractivity contribution in [1.82, 2.24) is 0 Å². The summed E-state index contributed by atoms with van der Waals surface area (Å²) < 4.78 is 12.1. The predicted molar refractivity (Wildman–Crippen MR) is 56.1 cm³/mol. The molecule has 0 aromatic rings. The van der Waals surface area contributed by atoms with Gasteiger partial charge in [0, 0.05) is 12.8 Å². The molecule has 2 rings (SSSR count). The minimum atomic E-state index is -0.198. The fourth-order valence-electron chi connectivity index (χ4n) is 2.72. The minimum Gasteiger partial charge on any atom is -0.347 e. The first kappa shape index (κ1) is 10.4. The molecule has 2 heteroatoms. The monoisotopic (exact) mass is 198 g/mol. The van der Waals surface area contributed by atoms with Crippen LogP contribution in [0.5, 0.6) is 0 Å². The smallest absolute Gasteiger partial charge is 0.169 e. The van der Waals surface area contributed by atoms with Crippen molar-refractivity contribution in [1.29, 1.82) is 0 Å². The summed E-state index contributed by atoms with van der Waals surface area (Å²) in [7, 11) is 0. The van der Waals surface area contributed by atoms with E-state index in [1.165, 1.54) is 25.7 Å². The molecule has 0 amide bonds. The van der Waals surface area contributed by atoms with Gasteiger partial charge in [0.05, 0.1) is 12.2 Å². The predicted octanol–water partition coefficient (Wildman–Crippen LogP) is 3.25. The van der Waals surface area contributed by atoms with Gasteiger partial charge in [0.2, 0.25) is 0 Å². The van der Waals surface area contributed by atoms with Crippen LogP contribution in [-0.2, 0) is 9.47 Å². The van der Waals surface area contributed by atoms with Gasteiger partial charge in [-0.15, -0.1) is 0 Å². The van der Waals surface area contributed by atoms with Crippen molar-refractivity contribution in [2.45, 2.75) is 76.8 Å². The Labute approximate surface area is 87.0 Å². The molecule has 0 bridgehead atoms. The molecule has 82 valence electrons. The third-order valence-corrected chi connectivity index (χ3v) is 3.50. The SMILES string of the molecule is CC[C@H]1CCC[C@@]2(CCC[C@H](C)O2)O1. The van der Waals surface area contributed by atoms with Crippen LogP contribution >= 0.6 is 0 Å². The first-order chi connectivity index (χ1) is 6.74. The van der Waals surface area contributed by atoms with E-state index < -0.39 is 0 Å². The van der Waals surface area contributed by atoms with Gasteiger partial charge in [-0.2, -0.15) is 0 Å². The third kappa shape index (κ3) is 2.12. The highest BCUT2D eigenvalue weighted by atomic mass is 16.7. The first-order valence-electron chi connectivity index (χ1n) is 6.10. The van der Waals surface area contributed by atoms with E-state index >= 15 is 0 Å². The second kappa shape index (κ2) is 4.19. The van der Waals surface area contributed by atoms with E-state index in [-0.39, 0.29) is 5.79 Å². The van der Waals surface area contributed by atoms with E-state index in [9.17, 15) is 0 Å². The second-order valence-electron chi connectivity index (χ2n) is 4.77.